The van der Waals surface area contributed by atoms with Crippen LogP contribution in [0.25, 0.3) is 0 Å². The van der Waals surface area contributed by atoms with Crippen LogP contribution < -0.4 is 5.73 Å². The average molecular weight is 261 g/mol. The second kappa shape index (κ2) is 6.96. The highest BCUT2D eigenvalue weighted by Crippen LogP contribution is 2.09. The maximum atomic E-state index is 5.62. The number of morpholine rings is 1. The molecule has 1 aliphatic heterocycles. The van der Waals surface area contributed by atoms with E-state index in [2.05, 4.69) is 23.1 Å². The second-order valence-corrected chi connectivity index (χ2v) is 4.17. The molecule has 1 aliphatic rings. The summed E-state index contributed by atoms with van der Waals surface area (Å²) in [5.74, 6) is 0. The van der Waals surface area contributed by atoms with E-state index in [4.69, 9.17) is 10.5 Å². The van der Waals surface area contributed by atoms with Gasteiger partial charge in [-0.15, -0.1) is 12.4 Å². The Labute approximate surface area is 108 Å². The van der Waals surface area contributed by atoms with E-state index in [1.165, 1.54) is 5.56 Å². The van der Waals surface area contributed by atoms with E-state index in [1.54, 1.807) is 0 Å². The van der Waals surface area contributed by atoms with Crippen molar-refractivity contribution in [1.29, 1.82) is 0 Å². The number of nitrogens with zero attached hydrogens (tertiary/aromatic N) is 3. The molecular weight excluding hydrogens is 240 g/mol. The minimum absolute atomic E-state index is 0. The largest absolute Gasteiger partial charge is 0.374 e. The molecule has 1 saturated heterocycles. The molecule has 1 fully saturated rings. The molecule has 2 N–H and O–H groups in total. The van der Waals surface area contributed by atoms with Gasteiger partial charge in [0.15, 0.2) is 0 Å². The topological polar surface area (TPSA) is 56.3 Å². The van der Waals surface area contributed by atoms with E-state index < -0.39 is 0 Å². The monoisotopic (exact) mass is 260 g/mol. The maximum Gasteiger partial charge on any atom is 0.0824 e. The molecule has 0 bridgehead atoms. The number of aryl methyl sites for hydroxylation is 1. The van der Waals surface area contributed by atoms with Crippen LogP contribution in [0.15, 0.2) is 12.4 Å². The van der Waals surface area contributed by atoms with Gasteiger partial charge in [-0.2, -0.15) is 5.10 Å². The van der Waals surface area contributed by atoms with Gasteiger partial charge < -0.3 is 10.5 Å². The molecule has 17 heavy (non-hydrogen) atoms. The fourth-order valence-corrected chi connectivity index (χ4v) is 1.99. The minimum Gasteiger partial charge on any atom is -0.374 e. The van der Waals surface area contributed by atoms with Crippen LogP contribution in [-0.2, 0) is 17.8 Å². The SMILES string of the molecule is CCn1cc(CN2CCOC(CN)C2)cn1.Cl. The summed E-state index contributed by atoms with van der Waals surface area (Å²) in [6.07, 6.45) is 4.23. The predicted molar refractivity (Wildman–Crippen MR) is 69.2 cm³/mol. The van der Waals surface area contributed by atoms with Gasteiger partial charge in [-0.05, 0) is 6.92 Å². The molecular formula is C11H21ClN4O. The van der Waals surface area contributed by atoms with Crippen LogP contribution in [0.5, 0.6) is 0 Å². The van der Waals surface area contributed by atoms with Crippen molar-refractivity contribution in [2.75, 3.05) is 26.2 Å². The van der Waals surface area contributed by atoms with E-state index in [1.807, 2.05) is 10.9 Å². The third kappa shape index (κ3) is 3.96. The molecule has 0 radical (unpaired) electrons. The molecule has 0 spiro atoms. The zero-order valence-electron chi connectivity index (χ0n) is 10.2. The summed E-state index contributed by atoms with van der Waals surface area (Å²) in [4.78, 5) is 2.37. The molecule has 2 heterocycles. The van der Waals surface area contributed by atoms with Crippen LogP contribution >= 0.6 is 12.4 Å². The Morgan fingerprint density at radius 1 is 1.59 bits per heavy atom. The lowest BCUT2D eigenvalue weighted by molar-refractivity contribution is -0.0260. The lowest BCUT2D eigenvalue weighted by Crippen LogP contribution is -2.45. The second-order valence-electron chi connectivity index (χ2n) is 4.17. The average Bonchev–Trinajstić information content (AvgIpc) is 2.77. The van der Waals surface area contributed by atoms with E-state index in [9.17, 15) is 0 Å². The number of nitrogens with two attached hydrogens (primary N) is 1. The number of hydrogen-bond acceptors (Lipinski definition) is 4. The summed E-state index contributed by atoms with van der Waals surface area (Å²) in [6.45, 7) is 7.25. The highest BCUT2D eigenvalue weighted by atomic mass is 35.5. The molecule has 6 heteroatoms. The number of hydrogen-bond donors (Lipinski definition) is 1. The van der Waals surface area contributed by atoms with Gasteiger partial charge in [0.25, 0.3) is 0 Å². The zero-order valence-corrected chi connectivity index (χ0v) is 11.0. The Morgan fingerprint density at radius 3 is 3.06 bits per heavy atom. The van der Waals surface area contributed by atoms with Gasteiger partial charge >= 0.3 is 0 Å². The number of halogens is 1. The van der Waals surface area contributed by atoms with Crippen LogP contribution in [-0.4, -0.2) is 47.0 Å². The first kappa shape index (κ1) is 14.4. The van der Waals surface area contributed by atoms with Gasteiger partial charge in [-0.1, -0.05) is 0 Å². The van der Waals surface area contributed by atoms with Crippen LogP contribution in [0, 0.1) is 0 Å². The highest BCUT2D eigenvalue weighted by molar-refractivity contribution is 5.85. The molecule has 1 aromatic heterocycles. The first-order chi connectivity index (χ1) is 7.81. The highest BCUT2D eigenvalue weighted by Gasteiger charge is 2.19. The van der Waals surface area contributed by atoms with Crippen molar-refractivity contribution in [2.24, 2.45) is 5.73 Å². The van der Waals surface area contributed by atoms with Gasteiger partial charge in [-0.3, -0.25) is 9.58 Å². The summed E-state index contributed by atoms with van der Waals surface area (Å²) >= 11 is 0. The maximum absolute atomic E-state index is 5.62. The van der Waals surface area contributed by atoms with Gasteiger partial charge in [0, 0.05) is 44.5 Å². The van der Waals surface area contributed by atoms with Crippen molar-refractivity contribution in [3.63, 3.8) is 0 Å². The predicted octanol–water partition coefficient (Wildman–Crippen LogP) is 0.484. The summed E-state index contributed by atoms with van der Waals surface area (Å²) in [7, 11) is 0. The summed E-state index contributed by atoms with van der Waals surface area (Å²) in [6, 6.07) is 0. The molecule has 0 amide bonds. The van der Waals surface area contributed by atoms with Crippen LogP contribution in [0.3, 0.4) is 0 Å². The minimum atomic E-state index is 0. The Hall–Kier alpha value is -0.620. The lowest BCUT2D eigenvalue weighted by Gasteiger charge is -2.31. The number of rotatable bonds is 4. The molecule has 0 saturated carbocycles. The van der Waals surface area contributed by atoms with Gasteiger partial charge in [0.1, 0.15) is 0 Å². The van der Waals surface area contributed by atoms with Crippen molar-refractivity contribution in [3.8, 4) is 0 Å². The Kier molecular flexibility index (Phi) is 5.91. The van der Waals surface area contributed by atoms with Crippen LogP contribution in [0.4, 0.5) is 0 Å². The molecule has 2 rings (SSSR count). The third-order valence-electron chi connectivity index (χ3n) is 2.90. The smallest absolute Gasteiger partial charge is 0.0824 e. The lowest BCUT2D eigenvalue weighted by atomic mass is 10.2. The van der Waals surface area contributed by atoms with E-state index >= 15 is 0 Å². The standard InChI is InChI=1S/C11H20N4O.ClH/c1-2-15-8-10(6-13-15)7-14-3-4-16-11(5-12)9-14;/h6,8,11H,2-5,7,9,12H2,1H3;1H. The normalized spacial score (nSPS) is 21.2. The van der Waals surface area contributed by atoms with Crippen molar-refractivity contribution in [3.05, 3.63) is 18.0 Å². The van der Waals surface area contributed by atoms with Gasteiger partial charge in [0.05, 0.1) is 18.9 Å². The number of ether oxygens (including phenoxy) is 1. The van der Waals surface area contributed by atoms with Crippen molar-refractivity contribution >= 4 is 12.4 Å². The Balaban J connectivity index is 0.00000144. The molecule has 1 aromatic rings. The van der Waals surface area contributed by atoms with Crippen LogP contribution in [0.1, 0.15) is 12.5 Å². The molecule has 0 aliphatic carbocycles. The quantitative estimate of drug-likeness (QED) is 0.856. The van der Waals surface area contributed by atoms with Crippen LogP contribution in [0.2, 0.25) is 0 Å². The third-order valence-corrected chi connectivity index (χ3v) is 2.90. The first-order valence-corrected chi connectivity index (χ1v) is 5.87. The fraction of sp³-hybridized carbons (Fsp3) is 0.727. The first-order valence-electron chi connectivity index (χ1n) is 5.87. The molecule has 0 aromatic carbocycles. The fourth-order valence-electron chi connectivity index (χ4n) is 1.99. The number of aromatic nitrogens is 2. The van der Waals surface area contributed by atoms with E-state index in [-0.39, 0.29) is 18.5 Å². The Morgan fingerprint density at radius 2 is 2.41 bits per heavy atom. The van der Waals surface area contributed by atoms with Gasteiger partial charge in [-0.25, -0.2) is 0 Å². The van der Waals surface area contributed by atoms with Crippen molar-refractivity contribution in [2.45, 2.75) is 26.1 Å². The van der Waals surface area contributed by atoms with E-state index in [0.29, 0.717) is 6.54 Å². The van der Waals surface area contributed by atoms with Gasteiger partial charge in [0.2, 0.25) is 0 Å². The zero-order chi connectivity index (χ0) is 11.4. The Bertz CT molecular complexity index is 331. The molecule has 98 valence electrons. The summed E-state index contributed by atoms with van der Waals surface area (Å²) < 4.78 is 7.49. The summed E-state index contributed by atoms with van der Waals surface area (Å²) in [5, 5.41) is 4.27. The summed E-state index contributed by atoms with van der Waals surface area (Å²) in [5.41, 5.74) is 6.88. The van der Waals surface area contributed by atoms with E-state index in [0.717, 1.165) is 32.8 Å². The van der Waals surface area contributed by atoms with Crippen molar-refractivity contribution < 1.29 is 4.74 Å². The molecule has 1 unspecified atom stereocenters. The molecule has 5 nitrogen and oxygen atoms in total. The molecule has 1 atom stereocenters. The van der Waals surface area contributed by atoms with Crippen molar-refractivity contribution in [1.82, 2.24) is 14.7 Å².